The number of anilines is 1. The minimum atomic E-state index is -0.349. The van der Waals surface area contributed by atoms with Crippen molar-refractivity contribution in [2.24, 2.45) is 0 Å². The molecule has 2 heterocycles. The van der Waals surface area contributed by atoms with Crippen molar-refractivity contribution >= 4 is 11.6 Å². The van der Waals surface area contributed by atoms with Crippen molar-refractivity contribution in [3.63, 3.8) is 0 Å². The lowest BCUT2D eigenvalue weighted by molar-refractivity contribution is -0.117. The summed E-state index contributed by atoms with van der Waals surface area (Å²) in [7, 11) is 0. The zero-order valence-corrected chi connectivity index (χ0v) is 14.7. The van der Waals surface area contributed by atoms with E-state index in [4.69, 9.17) is 4.52 Å². The fourth-order valence-electron chi connectivity index (χ4n) is 3.99. The summed E-state index contributed by atoms with van der Waals surface area (Å²) < 4.78 is 18.8. The van der Waals surface area contributed by atoms with Crippen LogP contribution in [-0.4, -0.2) is 22.6 Å². The van der Waals surface area contributed by atoms with Gasteiger partial charge in [0, 0.05) is 24.2 Å². The number of carbonyl (C=O) groups excluding carboxylic acids is 1. The summed E-state index contributed by atoms with van der Waals surface area (Å²) in [6, 6.07) is 12.4. The van der Waals surface area contributed by atoms with E-state index in [1.807, 2.05) is 6.07 Å². The first-order valence-electron chi connectivity index (χ1n) is 9.19. The topological polar surface area (TPSA) is 59.2 Å². The first-order valence-corrected chi connectivity index (χ1v) is 9.19. The number of rotatable bonds is 3. The molecule has 1 aliphatic carbocycles. The Labute approximate surface area is 155 Å². The fourth-order valence-corrected chi connectivity index (χ4v) is 3.99. The SMILES string of the molecule is O=C1CC(c2nc(-c3cccc(F)c3)no2)CN1c1ccc2c(c1)CCC2. The van der Waals surface area contributed by atoms with E-state index in [2.05, 4.69) is 22.3 Å². The molecule has 27 heavy (non-hydrogen) atoms. The number of halogens is 1. The predicted molar refractivity (Wildman–Crippen MR) is 97.9 cm³/mol. The van der Waals surface area contributed by atoms with Gasteiger partial charge in [0.15, 0.2) is 0 Å². The van der Waals surface area contributed by atoms with Gasteiger partial charge >= 0.3 is 0 Å². The Balaban J connectivity index is 1.38. The van der Waals surface area contributed by atoms with Gasteiger partial charge in [-0.2, -0.15) is 4.98 Å². The van der Waals surface area contributed by atoms with Crippen molar-refractivity contribution in [3.8, 4) is 11.4 Å². The molecule has 0 bridgehead atoms. The summed E-state index contributed by atoms with van der Waals surface area (Å²) in [5.41, 5.74) is 4.23. The van der Waals surface area contributed by atoms with Gasteiger partial charge in [-0.15, -0.1) is 0 Å². The van der Waals surface area contributed by atoms with Crippen LogP contribution in [0.1, 0.15) is 35.8 Å². The lowest BCUT2D eigenvalue weighted by atomic mass is 10.1. The Morgan fingerprint density at radius 1 is 1.11 bits per heavy atom. The zero-order valence-electron chi connectivity index (χ0n) is 14.7. The number of aryl methyl sites for hydroxylation is 2. The van der Waals surface area contributed by atoms with Gasteiger partial charge in [0.2, 0.25) is 17.6 Å². The molecule has 1 amide bonds. The molecule has 1 unspecified atom stereocenters. The third-order valence-corrected chi connectivity index (χ3v) is 5.39. The first-order chi connectivity index (χ1) is 13.2. The zero-order chi connectivity index (χ0) is 18.4. The third-order valence-electron chi connectivity index (χ3n) is 5.39. The van der Waals surface area contributed by atoms with E-state index in [9.17, 15) is 9.18 Å². The Morgan fingerprint density at radius 3 is 2.89 bits per heavy atom. The van der Waals surface area contributed by atoms with E-state index in [0.717, 1.165) is 18.5 Å². The summed E-state index contributed by atoms with van der Waals surface area (Å²) in [5.74, 6) is 0.320. The van der Waals surface area contributed by atoms with Crippen LogP contribution in [0.3, 0.4) is 0 Å². The van der Waals surface area contributed by atoms with Gasteiger partial charge in [-0.3, -0.25) is 4.79 Å². The lowest BCUT2D eigenvalue weighted by Crippen LogP contribution is -2.24. The highest BCUT2D eigenvalue weighted by molar-refractivity contribution is 5.96. The lowest BCUT2D eigenvalue weighted by Gasteiger charge is -2.17. The van der Waals surface area contributed by atoms with Crippen molar-refractivity contribution in [3.05, 3.63) is 65.3 Å². The maximum Gasteiger partial charge on any atom is 0.232 e. The van der Waals surface area contributed by atoms with Crippen molar-refractivity contribution in [1.29, 1.82) is 0 Å². The molecule has 5 nitrogen and oxygen atoms in total. The smallest absolute Gasteiger partial charge is 0.232 e. The van der Waals surface area contributed by atoms with E-state index in [1.165, 1.54) is 29.7 Å². The van der Waals surface area contributed by atoms with E-state index in [1.54, 1.807) is 17.0 Å². The Kier molecular flexibility index (Phi) is 3.77. The van der Waals surface area contributed by atoms with Gasteiger partial charge in [0.25, 0.3) is 0 Å². The van der Waals surface area contributed by atoms with E-state index in [-0.39, 0.29) is 17.6 Å². The average molecular weight is 363 g/mol. The molecule has 1 fully saturated rings. The predicted octanol–water partition coefficient (Wildman–Crippen LogP) is 3.88. The standard InChI is InChI=1S/C21H18FN3O2/c22-17-6-2-5-15(9-17)20-23-21(27-24-20)16-11-19(26)25(12-16)18-8-7-13-3-1-4-14(13)10-18/h2,5-10,16H,1,3-4,11-12H2. The molecule has 2 aliphatic rings. The largest absolute Gasteiger partial charge is 0.339 e. The molecule has 1 saturated heterocycles. The third kappa shape index (κ3) is 2.91. The Bertz CT molecular complexity index is 1030. The van der Waals surface area contributed by atoms with E-state index >= 15 is 0 Å². The average Bonchev–Trinajstić information content (AvgIpc) is 3.40. The second kappa shape index (κ2) is 6.30. The van der Waals surface area contributed by atoms with Crippen molar-refractivity contribution in [2.75, 3.05) is 11.4 Å². The molecule has 1 aliphatic heterocycles. The van der Waals surface area contributed by atoms with Crippen LogP contribution >= 0.6 is 0 Å². The summed E-state index contributed by atoms with van der Waals surface area (Å²) in [4.78, 5) is 18.8. The molecule has 1 aromatic heterocycles. The maximum atomic E-state index is 13.4. The summed E-state index contributed by atoms with van der Waals surface area (Å²) in [5, 5.41) is 3.96. The summed E-state index contributed by atoms with van der Waals surface area (Å²) in [6.07, 6.45) is 3.72. The molecule has 0 N–H and O–H groups in total. The molecular weight excluding hydrogens is 345 g/mol. The van der Waals surface area contributed by atoms with Crippen LogP contribution in [0.5, 0.6) is 0 Å². The van der Waals surface area contributed by atoms with Crippen LogP contribution in [0, 0.1) is 5.82 Å². The molecule has 1 atom stereocenters. The Morgan fingerprint density at radius 2 is 2.00 bits per heavy atom. The van der Waals surface area contributed by atoms with Gasteiger partial charge in [0.1, 0.15) is 5.82 Å². The van der Waals surface area contributed by atoms with Crippen molar-refractivity contribution in [1.82, 2.24) is 10.1 Å². The number of fused-ring (bicyclic) bond motifs is 1. The molecule has 5 rings (SSSR count). The van der Waals surface area contributed by atoms with Gasteiger partial charge < -0.3 is 9.42 Å². The van der Waals surface area contributed by atoms with Crippen molar-refractivity contribution < 1.29 is 13.7 Å². The van der Waals surface area contributed by atoms with Gasteiger partial charge in [-0.25, -0.2) is 4.39 Å². The molecule has 3 aromatic rings. The van der Waals surface area contributed by atoms with Crippen LogP contribution in [0.2, 0.25) is 0 Å². The summed E-state index contributed by atoms with van der Waals surface area (Å²) in [6.45, 7) is 0.516. The number of nitrogens with zero attached hydrogens (tertiary/aromatic N) is 3. The molecule has 6 heteroatoms. The maximum absolute atomic E-state index is 13.4. The van der Waals surface area contributed by atoms with Crippen LogP contribution in [0.4, 0.5) is 10.1 Å². The highest BCUT2D eigenvalue weighted by Crippen LogP contribution is 2.34. The normalized spacial score (nSPS) is 18.9. The quantitative estimate of drug-likeness (QED) is 0.708. The first kappa shape index (κ1) is 16.2. The van der Waals surface area contributed by atoms with Gasteiger partial charge in [-0.05, 0) is 54.7 Å². The van der Waals surface area contributed by atoms with E-state index < -0.39 is 0 Å². The number of hydrogen-bond donors (Lipinski definition) is 0. The highest BCUT2D eigenvalue weighted by Gasteiger charge is 2.35. The minimum Gasteiger partial charge on any atom is -0.339 e. The monoisotopic (exact) mass is 363 g/mol. The number of aromatic nitrogens is 2. The number of benzene rings is 2. The fraction of sp³-hybridized carbons (Fsp3) is 0.286. The van der Waals surface area contributed by atoms with Crippen LogP contribution in [0.25, 0.3) is 11.4 Å². The number of amides is 1. The van der Waals surface area contributed by atoms with Gasteiger partial charge in [0.05, 0.1) is 5.92 Å². The molecule has 0 radical (unpaired) electrons. The minimum absolute atomic E-state index is 0.0588. The molecule has 2 aromatic carbocycles. The molecule has 136 valence electrons. The Hall–Kier alpha value is -3.02. The molecule has 0 spiro atoms. The van der Waals surface area contributed by atoms with Crippen molar-refractivity contribution in [2.45, 2.75) is 31.6 Å². The van der Waals surface area contributed by atoms with Crippen LogP contribution in [-0.2, 0) is 17.6 Å². The number of carbonyl (C=O) groups is 1. The molecular formula is C21H18FN3O2. The van der Waals surface area contributed by atoms with Crippen LogP contribution in [0.15, 0.2) is 47.0 Å². The van der Waals surface area contributed by atoms with E-state index in [0.29, 0.717) is 30.2 Å². The highest BCUT2D eigenvalue weighted by atomic mass is 19.1. The summed E-state index contributed by atoms with van der Waals surface area (Å²) >= 11 is 0. The van der Waals surface area contributed by atoms with Gasteiger partial charge in [-0.1, -0.05) is 23.4 Å². The van der Waals surface area contributed by atoms with Crippen LogP contribution < -0.4 is 4.90 Å². The number of hydrogen-bond acceptors (Lipinski definition) is 4. The second-order valence-corrected chi connectivity index (χ2v) is 7.18. The molecule has 0 saturated carbocycles. The second-order valence-electron chi connectivity index (χ2n) is 7.18.